The van der Waals surface area contributed by atoms with Crippen molar-refractivity contribution in [3.8, 4) is 5.75 Å². The molecule has 0 spiro atoms. The van der Waals surface area contributed by atoms with Crippen molar-refractivity contribution in [2.45, 2.75) is 32.2 Å². The summed E-state index contributed by atoms with van der Waals surface area (Å²) in [4.78, 5) is 35.0. The topological polar surface area (TPSA) is 67.7 Å². The fourth-order valence-corrected chi connectivity index (χ4v) is 4.78. The van der Waals surface area contributed by atoms with E-state index in [1.54, 1.807) is 25.3 Å². The lowest BCUT2D eigenvalue weighted by atomic mass is 10.1. The summed E-state index contributed by atoms with van der Waals surface area (Å²) >= 11 is 0. The highest BCUT2D eigenvalue weighted by molar-refractivity contribution is 5.97. The molecule has 3 aromatic rings. The van der Waals surface area contributed by atoms with Crippen molar-refractivity contribution in [3.05, 3.63) is 64.2 Å². The van der Waals surface area contributed by atoms with Gasteiger partial charge in [0.2, 0.25) is 0 Å². The Morgan fingerprint density at radius 2 is 1.78 bits per heavy atom. The Balaban J connectivity index is 1.36. The molecule has 0 atom stereocenters. The van der Waals surface area contributed by atoms with E-state index >= 15 is 0 Å². The van der Waals surface area contributed by atoms with Crippen LogP contribution in [0.25, 0.3) is 10.9 Å². The molecule has 0 saturated carbocycles. The molecular weight excluding hydrogens is 404 g/mol. The Hall–Kier alpha value is -3.35. The van der Waals surface area contributed by atoms with Crippen LogP contribution in [0.5, 0.6) is 5.75 Å². The SMILES string of the molecule is COc1ccccc1N1CCN(C(=O)c2ccc3c(=O)n4c(nc3c2)CCCCC4)CC1. The molecule has 1 fully saturated rings. The van der Waals surface area contributed by atoms with Gasteiger partial charge < -0.3 is 14.5 Å². The standard InChI is InChI=1S/C25H28N4O3/c1-32-22-8-5-4-7-21(22)27-13-15-28(16-14-27)24(30)18-10-11-19-20(17-18)26-23-9-3-2-6-12-29(23)25(19)31/h4-5,7-8,10-11,17H,2-3,6,9,12-16H2,1H3. The van der Waals surface area contributed by atoms with Crippen LogP contribution in [-0.2, 0) is 13.0 Å². The van der Waals surface area contributed by atoms with E-state index in [4.69, 9.17) is 9.72 Å². The summed E-state index contributed by atoms with van der Waals surface area (Å²) in [5.41, 5.74) is 2.28. The van der Waals surface area contributed by atoms with Crippen molar-refractivity contribution >= 4 is 22.5 Å². The number of aromatic nitrogens is 2. The maximum Gasteiger partial charge on any atom is 0.261 e. The number of ether oxygens (including phenoxy) is 1. The molecule has 1 aromatic heterocycles. The normalized spacial score (nSPS) is 16.5. The van der Waals surface area contributed by atoms with Gasteiger partial charge in [-0.25, -0.2) is 4.98 Å². The fraction of sp³-hybridized carbons (Fsp3) is 0.400. The fourth-order valence-electron chi connectivity index (χ4n) is 4.78. The van der Waals surface area contributed by atoms with Gasteiger partial charge in [0.25, 0.3) is 11.5 Å². The average Bonchev–Trinajstić information content (AvgIpc) is 3.09. The van der Waals surface area contributed by atoms with Crippen molar-refractivity contribution < 1.29 is 9.53 Å². The number of piperazine rings is 1. The van der Waals surface area contributed by atoms with Crippen molar-refractivity contribution in [2.75, 3.05) is 38.2 Å². The second-order valence-electron chi connectivity index (χ2n) is 8.48. The van der Waals surface area contributed by atoms with Gasteiger partial charge in [-0.3, -0.25) is 14.2 Å². The number of amides is 1. The van der Waals surface area contributed by atoms with Crippen LogP contribution in [-0.4, -0.2) is 53.6 Å². The highest BCUT2D eigenvalue weighted by Crippen LogP contribution is 2.28. The maximum absolute atomic E-state index is 13.2. The molecule has 2 aromatic carbocycles. The van der Waals surface area contributed by atoms with E-state index in [1.807, 2.05) is 33.7 Å². The van der Waals surface area contributed by atoms with Gasteiger partial charge in [0.1, 0.15) is 11.6 Å². The van der Waals surface area contributed by atoms with Crippen LogP contribution in [0.3, 0.4) is 0 Å². The zero-order chi connectivity index (χ0) is 22.1. The smallest absolute Gasteiger partial charge is 0.261 e. The Labute approximate surface area is 187 Å². The molecule has 3 heterocycles. The Morgan fingerprint density at radius 3 is 2.59 bits per heavy atom. The molecular formula is C25H28N4O3. The van der Waals surface area contributed by atoms with E-state index in [0.717, 1.165) is 62.6 Å². The first-order valence-electron chi connectivity index (χ1n) is 11.4. The summed E-state index contributed by atoms with van der Waals surface area (Å²) < 4.78 is 7.30. The molecule has 0 radical (unpaired) electrons. The van der Waals surface area contributed by atoms with Gasteiger partial charge >= 0.3 is 0 Å². The van der Waals surface area contributed by atoms with Gasteiger partial charge in [0, 0.05) is 44.7 Å². The molecule has 2 aliphatic heterocycles. The number of carbonyl (C=O) groups excluding carboxylic acids is 1. The number of benzene rings is 2. The molecule has 0 N–H and O–H groups in total. The van der Waals surface area contributed by atoms with E-state index in [2.05, 4.69) is 4.90 Å². The summed E-state index contributed by atoms with van der Waals surface area (Å²) in [5, 5.41) is 0.591. The third-order valence-electron chi connectivity index (χ3n) is 6.56. The van der Waals surface area contributed by atoms with Gasteiger partial charge in [0.05, 0.1) is 23.7 Å². The molecule has 0 aliphatic carbocycles. The summed E-state index contributed by atoms with van der Waals surface area (Å²) in [6, 6.07) is 13.3. The number of aryl methyl sites for hydroxylation is 1. The Bertz CT molecular complexity index is 1210. The molecule has 5 rings (SSSR count). The van der Waals surface area contributed by atoms with Gasteiger partial charge in [-0.15, -0.1) is 0 Å². The second kappa shape index (κ2) is 8.65. The minimum absolute atomic E-state index is 0.0105. The van der Waals surface area contributed by atoms with Gasteiger partial charge in [-0.05, 0) is 43.2 Å². The third-order valence-corrected chi connectivity index (χ3v) is 6.56. The monoisotopic (exact) mass is 432 g/mol. The van der Waals surface area contributed by atoms with E-state index in [9.17, 15) is 9.59 Å². The molecule has 0 unspecified atom stereocenters. The highest BCUT2D eigenvalue weighted by atomic mass is 16.5. The van der Waals surface area contributed by atoms with Crippen molar-refractivity contribution in [1.29, 1.82) is 0 Å². The van der Waals surface area contributed by atoms with Crippen LogP contribution >= 0.6 is 0 Å². The third kappa shape index (κ3) is 3.72. The van der Waals surface area contributed by atoms with Crippen molar-refractivity contribution in [1.82, 2.24) is 14.5 Å². The van der Waals surface area contributed by atoms with Gasteiger partial charge in [-0.2, -0.15) is 0 Å². The van der Waals surface area contributed by atoms with E-state index in [1.165, 1.54) is 0 Å². The number of para-hydroxylation sites is 2. The second-order valence-corrected chi connectivity index (χ2v) is 8.48. The number of rotatable bonds is 3. The number of hydrogen-bond donors (Lipinski definition) is 0. The summed E-state index contributed by atoms with van der Waals surface area (Å²) in [6.07, 6.45) is 3.99. The molecule has 7 nitrogen and oxygen atoms in total. The zero-order valence-corrected chi connectivity index (χ0v) is 18.4. The first-order valence-corrected chi connectivity index (χ1v) is 11.4. The number of anilines is 1. The summed E-state index contributed by atoms with van der Waals surface area (Å²) in [7, 11) is 1.68. The number of carbonyl (C=O) groups is 1. The first-order chi connectivity index (χ1) is 15.7. The molecule has 1 amide bonds. The Kier molecular flexibility index (Phi) is 5.55. The first kappa shape index (κ1) is 20.5. The van der Waals surface area contributed by atoms with Crippen molar-refractivity contribution in [3.63, 3.8) is 0 Å². The largest absolute Gasteiger partial charge is 0.495 e. The minimum atomic E-state index is -0.0107. The lowest BCUT2D eigenvalue weighted by molar-refractivity contribution is 0.0747. The van der Waals surface area contributed by atoms with Crippen LogP contribution < -0.4 is 15.2 Å². The molecule has 32 heavy (non-hydrogen) atoms. The van der Waals surface area contributed by atoms with Crippen molar-refractivity contribution in [2.24, 2.45) is 0 Å². The lowest BCUT2D eigenvalue weighted by Gasteiger charge is -2.36. The summed E-state index contributed by atoms with van der Waals surface area (Å²) in [6.45, 7) is 3.48. The zero-order valence-electron chi connectivity index (χ0n) is 18.4. The molecule has 7 heteroatoms. The van der Waals surface area contributed by atoms with Crippen LogP contribution in [0.15, 0.2) is 47.3 Å². The average molecular weight is 433 g/mol. The van der Waals surface area contributed by atoms with Gasteiger partial charge in [0.15, 0.2) is 0 Å². The number of methoxy groups -OCH3 is 1. The number of fused-ring (bicyclic) bond motifs is 2. The predicted molar refractivity (Wildman–Crippen MR) is 125 cm³/mol. The van der Waals surface area contributed by atoms with E-state index in [0.29, 0.717) is 29.6 Å². The molecule has 166 valence electrons. The summed E-state index contributed by atoms with van der Waals surface area (Å²) in [5.74, 6) is 1.68. The maximum atomic E-state index is 13.2. The molecule has 2 aliphatic rings. The molecule has 0 bridgehead atoms. The predicted octanol–water partition coefficient (Wildman–Crippen LogP) is 3.09. The number of hydrogen-bond acceptors (Lipinski definition) is 5. The quantitative estimate of drug-likeness (QED) is 0.636. The minimum Gasteiger partial charge on any atom is -0.495 e. The number of nitrogens with zero attached hydrogens (tertiary/aromatic N) is 4. The van der Waals surface area contributed by atoms with E-state index in [-0.39, 0.29) is 11.5 Å². The lowest BCUT2D eigenvalue weighted by Crippen LogP contribution is -2.48. The van der Waals surface area contributed by atoms with Crippen LogP contribution in [0, 0.1) is 0 Å². The Morgan fingerprint density at radius 1 is 0.969 bits per heavy atom. The van der Waals surface area contributed by atoms with Gasteiger partial charge in [-0.1, -0.05) is 18.6 Å². The van der Waals surface area contributed by atoms with Crippen LogP contribution in [0.2, 0.25) is 0 Å². The van der Waals surface area contributed by atoms with E-state index < -0.39 is 0 Å². The molecule has 1 saturated heterocycles. The van der Waals surface area contributed by atoms with Crippen LogP contribution in [0.4, 0.5) is 5.69 Å². The highest BCUT2D eigenvalue weighted by Gasteiger charge is 2.24. The van der Waals surface area contributed by atoms with Crippen LogP contribution in [0.1, 0.15) is 35.4 Å².